The van der Waals surface area contributed by atoms with E-state index >= 15 is 0 Å². The lowest BCUT2D eigenvalue weighted by molar-refractivity contribution is -0.163. The van der Waals surface area contributed by atoms with Crippen LogP contribution >= 0.6 is 0 Å². The molecule has 0 radical (unpaired) electrons. The highest BCUT2D eigenvalue weighted by molar-refractivity contribution is 5.70. The minimum absolute atomic E-state index is 0.0323. The molecule has 0 amide bonds. The van der Waals surface area contributed by atoms with Crippen LogP contribution in [0.4, 0.5) is 0 Å². The minimum atomic E-state index is -0.596. The van der Waals surface area contributed by atoms with E-state index in [0.29, 0.717) is 39.3 Å². The number of unbranched alkanes of at least 4 members (excludes halogenated alkanes) is 17. The van der Waals surface area contributed by atoms with Gasteiger partial charge in [-0.15, -0.1) is 0 Å². The van der Waals surface area contributed by atoms with E-state index < -0.39 is 6.10 Å². The van der Waals surface area contributed by atoms with Crippen molar-refractivity contribution in [3.8, 4) is 0 Å². The Bertz CT molecular complexity index is 541. The molecule has 7 nitrogen and oxygen atoms in total. The Morgan fingerprint density at radius 3 is 1.43 bits per heavy atom. The van der Waals surface area contributed by atoms with Crippen molar-refractivity contribution in [1.29, 1.82) is 0 Å². The van der Waals surface area contributed by atoms with E-state index in [9.17, 15) is 9.59 Å². The zero-order valence-corrected chi connectivity index (χ0v) is 26.5. The lowest BCUT2D eigenvalue weighted by atomic mass is 10.1. The number of methoxy groups -OCH3 is 1. The summed E-state index contributed by atoms with van der Waals surface area (Å²) in [4.78, 5) is 24.7. The number of hydrogen-bond acceptors (Lipinski definition) is 7. The number of esters is 2. The molecule has 0 fully saturated rings. The van der Waals surface area contributed by atoms with E-state index in [0.717, 1.165) is 32.1 Å². The van der Waals surface area contributed by atoms with Crippen LogP contribution in [0.5, 0.6) is 0 Å². The van der Waals surface area contributed by atoms with Crippen molar-refractivity contribution < 1.29 is 33.3 Å². The molecule has 7 heteroatoms. The Hall–Kier alpha value is -1.18. The standard InChI is InChI=1S/C33H64O7/c1-4-6-8-10-12-14-15-16-18-19-21-23-32(34)39-30-31(29-38-28-27-37-26-25-36-3)40-33(35)24-22-20-17-13-11-9-7-5-2/h31H,4-30H2,1-3H3. The fourth-order valence-electron chi connectivity index (χ4n) is 4.53. The quantitative estimate of drug-likeness (QED) is 0.0592. The largest absolute Gasteiger partial charge is 0.462 e. The van der Waals surface area contributed by atoms with E-state index in [1.54, 1.807) is 7.11 Å². The Morgan fingerprint density at radius 2 is 0.925 bits per heavy atom. The first-order valence-corrected chi connectivity index (χ1v) is 16.6. The SMILES string of the molecule is CCCCCCCCCCCCCC(=O)OCC(COCCOCCOC)OC(=O)CCCCCCCCCC. The summed E-state index contributed by atoms with van der Waals surface area (Å²) in [5.74, 6) is -0.486. The fraction of sp³-hybridized carbons (Fsp3) is 0.939. The molecular weight excluding hydrogens is 508 g/mol. The monoisotopic (exact) mass is 572 g/mol. The third-order valence-electron chi connectivity index (χ3n) is 7.05. The van der Waals surface area contributed by atoms with Crippen LogP contribution in [0.3, 0.4) is 0 Å². The van der Waals surface area contributed by atoms with Gasteiger partial charge < -0.3 is 23.7 Å². The summed E-state index contributed by atoms with van der Waals surface area (Å²) in [5.41, 5.74) is 0. The first-order valence-electron chi connectivity index (χ1n) is 16.6. The molecule has 0 rings (SSSR count). The summed E-state index contributed by atoms with van der Waals surface area (Å²) in [6.07, 6.45) is 23.2. The van der Waals surface area contributed by atoms with Crippen LogP contribution in [0, 0.1) is 0 Å². The van der Waals surface area contributed by atoms with Crippen molar-refractivity contribution in [1.82, 2.24) is 0 Å². The van der Waals surface area contributed by atoms with Gasteiger partial charge in [-0.2, -0.15) is 0 Å². The highest BCUT2D eigenvalue weighted by atomic mass is 16.6. The highest BCUT2D eigenvalue weighted by Gasteiger charge is 2.17. The lowest BCUT2D eigenvalue weighted by Gasteiger charge is -2.18. The first-order chi connectivity index (χ1) is 19.6. The second-order valence-corrected chi connectivity index (χ2v) is 11.0. The zero-order chi connectivity index (χ0) is 29.4. The molecule has 0 saturated heterocycles. The van der Waals surface area contributed by atoms with Crippen LogP contribution in [0.1, 0.15) is 149 Å². The van der Waals surface area contributed by atoms with Gasteiger partial charge in [-0.25, -0.2) is 0 Å². The average Bonchev–Trinajstić information content (AvgIpc) is 2.95. The molecule has 0 aromatic rings. The highest BCUT2D eigenvalue weighted by Crippen LogP contribution is 2.13. The molecule has 0 N–H and O–H groups in total. The van der Waals surface area contributed by atoms with Crippen LogP contribution in [0.15, 0.2) is 0 Å². The molecule has 238 valence electrons. The van der Waals surface area contributed by atoms with Crippen LogP contribution in [-0.4, -0.2) is 64.8 Å². The zero-order valence-electron chi connectivity index (χ0n) is 26.5. The van der Waals surface area contributed by atoms with E-state index in [-0.39, 0.29) is 25.2 Å². The van der Waals surface area contributed by atoms with Crippen molar-refractivity contribution in [3.05, 3.63) is 0 Å². The molecule has 0 saturated carbocycles. The number of ether oxygens (including phenoxy) is 5. The average molecular weight is 573 g/mol. The smallest absolute Gasteiger partial charge is 0.306 e. The molecule has 1 unspecified atom stereocenters. The molecule has 0 aromatic carbocycles. The number of carbonyl (C=O) groups excluding carboxylic acids is 2. The van der Waals surface area contributed by atoms with Gasteiger partial charge in [-0.3, -0.25) is 9.59 Å². The number of hydrogen-bond donors (Lipinski definition) is 0. The molecule has 0 aliphatic rings. The van der Waals surface area contributed by atoms with Gasteiger partial charge in [0.05, 0.1) is 33.0 Å². The molecule has 40 heavy (non-hydrogen) atoms. The van der Waals surface area contributed by atoms with Crippen molar-refractivity contribution in [2.24, 2.45) is 0 Å². The van der Waals surface area contributed by atoms with E-state index in [4.69, 9.17) is 23.7 Å². The lowest BCUT2D eigenvalue weighted by Crippen LogP contribution is -2.30. The third-order valence-corrected chi connectivity index (χ3v) is 7.05. The Kier molecular flexibility index (Phi) is 31.4. The molecule has 0 aliphatic carbocycles. The van der Waals surface area contributed by atoms with Gasteiger partial charge in [-0.05, 0) is 12.8 Å². The molecule has 0 aromatic heterocycles. The Labute approximate surface area is 246 Å². The molecule has 0 heterocycles. The number of rotatable bonds is 32. The molecule has 0 aliphatic heterocycles. The van der Waals surface area contributed by atoms with Gasteiger partial charge in [0.2, 0.25) is 0 Å². The number of carbonyl (C=O) groups is 2. The van der Waals surface area contributed by atoms with Gasteiger partial charge in [0, 0.05) is 20.0 Å². The summed E-state index contributed by atoms with van der Waals surface area (Å²) in [6.45, 7) is 6.54. The van der Waals surface area contributed by atoms with Crippen molar-refractivity contribution in [2.75, 3.05) is 46.8 Å². The second-order valence-electron chi connectivity index (χ2n) is 11.0. The summed E-state index contributed by atoms with van der Waals surface area (Å²) < 4.78 is 27.1. The Balaban J connectivity index is 4.11. The second kappa shape index (κ2) is 32.3. The van der Waals surface area contributed by atoms with Gasteiger partial charge in [0.1, 0.15) is 6.61 Å². The maximum Gasteiger partial charge on any atom is 0.306 e. The molecule has 0 bridgehead atoms. The normalized spacial score (nSPS) is 12.0. The molecule has 1 atom stereocenters. The predicted molar refractivity (Wildman–Crippen MR) is 163 cm³/mol. The topological polar surface area (TPSA) is 80.3 Å². The van der Waals surface area contributed by atoms with E-state index in [2.05, 4.69) is 13.8 Å². The maximum atomic E-state index is 12.4. The summed E-state index contributed by atoms with van der Waals surface area (Å²) in [7, 11) is 1.63. The van der Waals surface area contributed by atoms with Crippen LogP contribution in [-0.2, 0) is 33.3 Å². The van der Waals surface area contributed by atoms with Gasteiger partial charge in [0.25, 0.3) is 0 Å². The van der Waals surface area contributed by atoms with Crippen molar-refractivity contribution >= 4 is 11.9 Å². The summed E-state index contributed by atoms with van der Waals surface area (Å²) in [5, 5.41) is 0. The Morgan fingerprint density at radius 1 is 0.500 bits per heavy atom. The summed E-state index contributed by atoms with van der Waals surface area (Å²) in [6, 6.07) is 0. The first kappa shape index (κ1) is 38.8. The van der Waals surface area contributed by atoms with E-state index in [1.165, 1.54) is 89.9 Å². The van der Waals surface area contributed by atoms with E-state index in [1.807, 2.05) is 0 Å². The molecular formula is C33H64O7. The predicted octanol–water partition coefficient (Wildman–Crippen LogP) is 8.35. The molecule has 0 spiro atoms. The third kappa shape index (κ3) is 29.8. The fourth-order valence-corrected chi connectivity index (χ4v) is 4.53. The van der Waals surface area contributed by atoms with Gasteiger partial charge >= 0.3 is 11.9 Å². The van der Waals surface area contributed by atoms with Gasteiger partial charge in [0.15, 0.2) is 6.10 Å². The maximum absolute atomic E-state index is 12.4. The van der Waals surface area contributed by atoms with Crippen LogP contribution in [0.25, 0.3) is 0 Å². The van der Waals surface area contributed by atoms with Crippen molar-refractivity contribution in [2.45, 2.75) is 155 Å². The van der Waals surface area contributed by atoms with Crippen molar-refractivity contribution in [3.63, 3.8) is 0 Å². The van der Waals surface area contributed by atoms with Crippen LogP contribution < -0.4 is 0 Å². The summed E-state index contributed by atoms with van der Waals surface area (Å²) >= 11 is 0. The minimum Gasteiger partial charge on any atom is -0.462 e. The van der Waals surface area contributed by atoms with Gasteiger partial charge in [-0.1, -0.05) is 123 Å². The van der Waals surface area contributed by atoms with Crippen LogP contribution in [0.2, 0.25) is 0 Å².